The van der Waals surface area contributed by atoms with Gasteiger partial charge in [0.1, 0.15) is 11.9 Å². The molecule has 0 rings (SSSR count). The predicted molar refractivity (Wildman–Crippen MR) is 76.8 cm³/mol. The zero-order valence-electron chi connectivity index (χ0n) is 13.1. The van der Waals surface area contributed by atoms with Gasteiger partial charge in [-0.15, -0.1) is 0 Å². The zero-order valence-corrected chi connectivity index (χ0v) is 13.1. The van der Waals surface area contributed by atoms with E-state index in [9.17, 15) is 19.8 Å². The highest BCUT2D eigenvalue weighted by atomic mass is 16.6. The molecule has 6 heteroatoms. The highest BCUT2D eigenvalue weighted by Crippen LogP contribution is 2.20. The minimum Gasteiger partial charge on any atom is -0.432 e. The zero-order chi connectivity index (χ0) is 16.7. The summed E-state index contributed by atoms with van der Waals surface area (Å²) in [5.41, 5.74) is -0.0777. The van der Waals surface area contributed by atoms with Crippen LogP contribution in [0.4, 0.5) is 0 Å². The van der Waals surface area contributed by atoms with Crippen molar-refractivity contribution >= 4 is 11.9 Å². The third kappa shape index (κ3) is 6.10. The number of esters is 2. The molecule has 120 valence electrons. The Bertz CT molecular complexity index is 422. The first-order valence-electron chi connectivity index (χ1n) is 6.73. The van der Waals surface area contributed by atoms with E-state index >= 15 is 0 Å². The Morgan fingerprint density at radius 3 is 2.00 bits per heavy atom. The van der Waals surface area contributed by atoms with Gasteiger partial charge >= 0.3 is 11.9 Å². The molecule has 2 N–H and O–H groups in total. The first kappa shape index (κ1) is 19.3. The second-order valence-electron chi connectivity index (χ2n) is 5.34. The van der Waals surface area contributed by atoms with Crippen LogP contribution in [0.5, 0.6) is 0 Å². The van der Waals surface area contributed by atoms with Crippen LogP contribution in [0.2, 0.25) is 0 Å². The van der Waals surface area contributed by atoms with Crippen molar-refractivity contribution in [3.05, 3.63) is 24.0 Å². The standard InChI is InChI=1S/C15H24O6/c1-7-11(16)20-13(12(17)8(2)3)10(6)15(19)21-14(18)9(4)5/h7-9,12,14,17-18H,1H2,2-6H3. The lowest BCUT2D eigenvalue weighted by molar-refractivity contribution is -0.170. The van der Waals surface area contributed by atoms with Crippen LogP contribution >= 0.6 is 0 Å². The van der Waals surface area contributed by atoms with E-state index in [0.29, 0.717) is 0 Å². The second kappa shape index (κ2) is 8.59. The maximum Gasteiger partial charge on any atom is 0.339 e. The van der Waals surface area contributed by atoms with Gasteiger partial charge in [-0.2, -0.15) is 0 Å². The van der Waals surface area contributed by atoms with Crippen molar-refractivity contribution in [3.8, 4) is 0 Å². The summed E-state index contributed by atoms with van der Waals surface area (Å²) < 4.78 is 9.77. The monoisotopic (exact) mass is 300 g/mol. The number of carbonyl (C=O) groups is 2. The van der Waals surface area contributed by atoms with E-state index in [1.807, 2.05) is 0 Å². The molecular weight excluding hydrogens is 276 g/mol. The molecule has 2 atom stereocenters. The van der Waals surface area contributed by atoms with E-state index in [4.69, 9.17) is 9.47 Å². The molecule has 0 bridgehead atoms. The minimum absolute atomic E-state index is 0.0777. The molecule has 0 saturated carbocycles. The number of aliphatic hydroxyl groups is 2. The summed E-state index contributed by atoms with van der Waals surface area (Å²) in [7, 11) is 0. The van der Waals surface area contributed by atoms with Gasteiger partial charge in [0.15, 0.2) is 0 Å². The first-order valence-corrected chi connectivity index (χ1v) is 6.73. The van der Waals surface area contributed by atoms with Gasteiger partial charge in [0.2, 0.25) is 6.29 Å². The third-order valence-electron chi connectivity index (χ3n) is 2.75. The van der Waals surface area contributed by atoms with Gasteiger partial charge < -0.3 is 19.7 Å². The maximum absolute atomic E-state index is 11.9. The molecule has 0 aromatic heterocycles. The fourth-order valence-corrected chi connectivity index (χ4v) is 1.25. The molecule has 0 radical (unpaired) electrons. The van der Waals surface area contributed by atoms with Crippen LogP contribution in [0.15, 0.2) is 24.0 Å². The molecule has 2 unspecified atom stereocenters. The van der Waals surface area contributed by atoms with Gasteiger partial charge in [0.05, 0.1) is 5.57 Å². The Morgan fingerprint density at radius 1 is 1.10 bits per heavy atom. The smallest absolute Gasteiger partial charge is 0.339 e. The molecule has 6 nitrogen and oxygen atoms in total. The van der Waals surface area contributed by atoms with E-state index in [1.165, 1.54) is 6.92 Å². The molecule has 0 fully saturated rings. The van der Waals surface area contributed by atoms with Crippen LogP contribution < -0.4 is 0 Å². The lowest BCUT2D eigenvalue weighted by Gasteiger charge is -2.21. The van der Waals surface area contributed by atoms with Crippen LogP contribution in [0.3, 0.4) is 0 Å². The van der Waals surface area contributed by atoms with Crippen molar-refractivity contribution in [1.82, 2.24) is 0 Å². The molecule has 0 saturated heterocycles. The second-order valence-corrected chi connectivity index (χ2v) is 5.34. The average molecular weight is 300 g/mol. The number of aliphatic hydroxyl groups excluding tert-OH is 2. The Morgan fingerprint density at radius 2 is 1.62 bits per heavy atom. The van der Waals surface area contributed by atoms with E-state index in [0.717, 1.165) is 6.08 Å². The minimum atomic E-state index is -1.28. The van der Waals surface area contributed by atoms with Gasteiger partial charge in [-0.1, -0.05) is 34.3 Å². The van der Waals surface area contributed by atoms with E-state index in [2.05, 4.69) is 6.58 Å². The topological polar surface area (TPSA) is 93.1 Å². The molecule has 0 aliphatic rings. The summed E-state index contributed by atoms with van der Waals surface area (Å²) in [5, 5.41) is 19.6. The fraction of sp³-hybridized carbons (Fsp3) is 0.600. The molecule has 0 amide bonds. The Labute approximate surface area is 125 Å². The largest absolute Gasteiger partial charge is 0.432 e. The van der Waals surface area contributed by atoms with E-state index in [-0.39, 0.29) is 23.2 Å². The van der Waals surface area contributed by atoms with Gasteiger partial charge in [-0.3, -0.25) is 0 Å². The molecule has 0 aromatic rings. The Balaban J connectivity index is 5.37. The van der Waals surface area contributed by atoms with Crippen LogP contribution in [0.1, 0.15) is 34.6 Å². The quantitative estimate of drug-likeness (QED) is 0.320. The Kier molecular flexibility index (Phi) is 7.91. The SMILES string of the molecule is C=CC(=O)OC(=C(C)C(=O)OC(O)C(C)C)C(O)C(C)C. The number of carbonyl (C=O) groups excluding carboxylic acids is 2. The number of hydrogen-bond donors (Lipinski definition) is 2. The lowest BCUT2D eigenvalue weighted by Crippen LogP contribution is -2.28. The predicted octanol–water partition coefficient (Wildman–Crippen LogP) is 1.52. The number of rotatable bonds is 7. The first-order chi connectivity index (χ1) is 9.61. The Hall–Kier alpha value is -1.66. The molecule has 0 aromatic carbocycles. The molecule has 21 heavy (non-hydrogen) atoms. The van der Waals surface area contributed by atoms with Crippen molar-refractivity contribution in [3.63, 3.8) is 0 Å². The van der Waals surface area contributed by atoms with E-state index in [1.54, 1.807) is 27.7 Å². The molecule has 0 heterocycles. The van der Waals surface area contributed by atoms with Crippen LogP contribution in [0.25, 0.3) is 0 Å². The fourth-order valence-electron chi connectivity index (χ4n) is 1.25. The lowest BCUT2D eigenvalue weighted by atomic mass is 10.0. The van der Waals surface area contributed by atoms with Gasteiger partial charge in [-0.25, -0.2) is 9.59 Å². The summed E-state index contributed by atoms with van der Waals surface area (Å²) in [6.45, 7) is 11.4. The summed E-state index contributed by atoms with van der Waals surface area (Å²) in [6, 6.07) is 0. The molecule has 0 spiro atoms. The molecule has 0 aliphatic carbocycles. The van der Waals surface area contributed by atoms with Gasteiger partial charge in [0, 0.05) is 12.0 Å². The molecule has 0 aliphatic heterocycles. The van der Waals surface area contributed by atoms with Crippen molar-refractivity contribution in [2.24, 2.45) is 11.8 Å². The summed E-state index contributed by atoms with van der Waals surface area (Å²) in [5.74, 6) is -2.41. The number of ether oxygens (including phenoxy) is 2. The maximum atomic E-state index is 11.9. The highest BCUT2D eigenvalue weighted by molar-refractivity contribution is 5.90. The van der Waals surface area contributed by atoms with Crippen molar-refractivity contribution in [2.45, 2.75) is 47.0 Å². The summed E-state index contributed by atoms with van der Waals surface area (Å²) in [6.07, 6.45) is -1.51. The van der Waals surface area contributed by atoms with Crippen molar-refractivity contribution in [2.75, 3.05) is 0 Å². The average Bonchev–Trinajstić information content (AvgIpc) is 2.42. The van der Waals surface area contributed by atoms with Crippen molar-refractivity contribution in [1.29, 1.82) is 0 Å². The third-order valence-corrected chi connectivity index (χ3v) is 2.75. The molecular formula is C15H24O6. The van der Waals surface area contributed by atoms with Gasteiger partial charge in [-0.05, 0) is 12.8 Å². The summed E-state index contributed by atoms with van der Waals surface area (Å²) in [4.78, 5) is 23.2. The highest BCUT2D eigenvalue weighted by Gasteiger charge is 2.26. The van der Waals surface area contributed by atoms with Crippen LogP contribution in [-0.2, 0) is 19.1 Å². The van der Waals surface area contributed by atoms with Crippen LogP contribution in [0, 0.1) is 11.8 Å². The van der Waals surface area contributed by atoms with Gasteiger partial charge in [0.25, 0.3) is 0 Å². The summed E-state index contributed by atoms with van der Waals surface area (Å²) >= 11 is 0. The normalized spacial score (nSPS) is 15.3. The van der Waals surface area contributed by atoms with Crippen molar-refractivity contribution < 1.29 is 29.3 Å². The number of hydrogen-bond acceptors (Lipinski definition) is 6. The van der Waals surface area contributed by atoms with E-state index < -0.39 is 24.3 Å². The van der Waals surface area contributed by atoms with Crippen LogP contribution in [-0.4, -0.2) is 34.5 Å².